The number of rotatable bonds is 5. The summed E-state index contributed by atoms with van der Waals surface area (Å²) in [4.78, 5) is 22.0. The molecule has 0 bridgehead atoms. The van der Waals surface area contributed by atoms with Crippen molar-refractivity contribution in [1.82, 2.24) is 0 Å². The van der Waals surface area contributed by atoms with Crippen LogP contribution in [0.1, 0.15) is 5.56 Å². The van der Waals surface area contributed by atoms with E-state index >= 15 is 0 Å². The molecule has 1 amide bonds. The maximum Gasteiger partial charge on any atom is 0.271 e. The Morgan fingerprint density at radius 3 is 2.73 bits per heavy atom. The van der Waals surface area contributed by atoms with Crippen LogP contribution in [0.25, 0.3) is 0 Å². The van der Waals surface area contributed by atoms with Gasteiger partial charge in [-0.1, -0.05) is 18.2 Å². The minimum absolute atomic E-state index is 0.0553. The Labute approximate surface area is 126 Å². The number of nitrogens with one attached hydrogen (secondary N) is 2. The molecular formula is C15H12N4O3. The van der Waals surface area contributed by atoms with Gasteiger partial charge < -0.3 is 10.6 Å². The van der Waals surface area contributed by atoms with Gasteiger partial charge in [0, 0.05) is 17.8 Å². The first-order valence-electron chi connectivity index (χ1n) is 6.37. The molecule has 0 aliphatic rings. The molecule has 7 heteroatoms. The van der Waals surface area contributed by atoms with Crippen LogP contribution in [0.15, 0.2) is 48.5 Å². The number of amides is 1. The molecule has 2 aromatic carbocycles. The Morgan fingerprint density at radius 1 is 1.23 bits per heavy atom. The van der Waals surface area contributed by atoms with Crippen LogP contribution in [0.2, 0.25) is 0 Å². The summed E-state index contributed by atoms with van der Waals surface area (Å²) in [5, 5.41) is 25.0. The zero-order chi connectivity index (χ0) is 15.9. The predicted molar refractivity (Wildman–Crippen MR) is 81.4 cm³/mol. The highest BCUT2D eigenvalue weighted by Gasteiger charge is 2.08. The van der Waals surface area contributed by atoms with Crippen LogP contribution in [-0.2, 0) is 4.79 Å². The van der Waals surface area contributed by atoms with Crippen molar-refractivity contribution in [2.75, 3.05) is 17.2 Å². The molecular weight excluding hydrogens is 284 g/mol. The van der Waals surface area contributed by atoms with Gasteiger partial charge in [0.15, 0.2) is 0 Å². The minimum Gasteiger partial charge on any atom is -0.376 e. The smallest absolute Gasteiger partial charge is 0.271 e. The number of carbonyl (C=O) groups excluding carboxylic acids is 1. The molecule has 0 spiro atoms. The molecule has 0 aromatic heterocycles. The SMILES string of the molecule is N#Cc1ccccc1NC(=O)CNc1cccc([N+](=O)[O-])c1. The first-order valence-corrected chi connectivity index (χ1v) is 6.37. The van der Waals surface area contributed by atoms with E-state index < -0.39 is 4.92 Å². The summed E-state index contributed by atoms with van der Waals surface area (Å²) in [7, 11) is 0. The Bertz CT molecular complexity index is 752. The standard InChI is InChI=1S/C15H12N4O3/c16-9-11-4-1-2-7-14(11)18-15(20)10-17-12-5-3-6-13(8-12)19(21)22/h1-8,17H,10H2,(H,18,20). The quantitative estimate of drug-likeness (QED) is 0.651. The molecule has 0 saturated carbocycles. The molecule has 2 aromatic rings. The molecule has 110 valence electrons. The van der Waals surface area contributed by atoms with Gasteiger partial charge in [0.1, 0.15) is 6.07 Å². The van der Waals surface area contributed by atoms with Gasteiger partial charge in [-0.3, -0.25) is 14.9 Å². The number of benzene rings is 2. The van der Waals surface area contributed by atoms with E-state index in [4.69, 9.17) is 5.26 Å². The lowest BCUT2D eigenvalue weighted by Gasteiger charge is -2.08. The third-order valence-corrected chi connectivity index (χ3v) is 2.83. The van der Waals surface area contributed by atoms with Gasteiger partial charge in [-0.05, 0) is 18.2 Å². The second-order valence-corrected chi connectivity index (χ2v) is 4.37. The summed E-state index contributed by atoms with van der Waals surface area (Å²) in [6.07, 6.45) is 0. The van der Waals surface area contributed by atoms with E-state index in [0.29, 0.717) is 16.9 Å². The van der Waals surface area contributed by atoms with Crippen molar-refractivity contribution in [2.45, 2.75) is 0 Å². The van der Waals surface area contributed by atoms with Gasteiger partial charge in [-0.15, -0.1) is 0 Å². The van der Waals surface area contributed by atoms with Gasteiger partial charge >= 0.3 is 0 Å². The molecule has 0 aliphatic carbocycles. The number of hydrogen-bond donors (Lipinski definition) is 2. The maximum absolute atomic E-state index is 11.9. The summed E-state index contributed by atoms with van der Waals surface area (Å²) >= 11 is 0. The van der Waals surface area contributed by atoms with Crippen molar-refractivity contribution >= 4 is 23.0 Å². The molecule has 22 heavy (non-hydrogen) atoms. The zero-order valence-corrected chi connectivity index (χ0v) is 11.4. The molecule has 0 heterocycles. The predicted octanol–water partition coefficient (Wildman–Crippen LogP) is 2.52. The number of nitro benzene ring substituents is 1. The number of non-ortho nitro benzene ring substituents is 1. The van der Waals surface area contributed by atoms with E-state index in [0.717, 1.165) is 0 Å². The van der Waals surface area contributed by atoms with Crippen LogP contribution in [0, 0.1) is 21.4 Å². The van der Waals surface area contributed by atoms with Crippen molar-refractivity contribution in [1.29, 1.82) is 5.26 Å². The second kappa shape index (κ2) is 6.85. The Morgan fingerprint density at radius 2 is 2.00 bits per heavy atom. The number of nitro groups is 1. The zero-order valence-electron chi connectivity index (χ0n) is 11.4. The van der Waals surface area contributed by atoms with E-state index in [1.807, 2.05) is 6.07 Å². The molecule has 0 aliphatic heterocycles. The van der Waals surface area contributed by atoms with Gasteiger partial charge in [0.25, 0.3) is 5.69 Å². The molecule has 0 fully saturated rings. The Kier molecular flexibility index (Phi) is 4.67. The average molecular weight is 296 g/mol. The van der Waals surface area contributed by atoms with Crippen molar-refractivity contribution in [2.24, 2.45) is 0 Å². The van der Waals surface area contributed by atoms with Gasteiger partial charge in [0.05, 0.1) is 22.7 Å². The van der Waals surface area contributed by atoms with Gasteiger partial charge in [-0.2, -0.15) is 5.26 Å². The third kappa shape index (κ3) is 3.80. The molecule has 0 unspecified atom stereocenters. The highest BCUT2D eigenvalue weighted by Crippen LogP contribution is 2.17. The molecule has 0 radical (unpaired) electrons. The molecule has 0 saturated heterocycles. The van der Waals surface area contributed by atoms with E-state index in [1.165, 1.54) is 18.2 Å². The van der Waals surface area contributed by atoms with Crippen molar-refractivity contribution in [3.05, 3.63) is 64.2 Å². The lowest BCUT2D eigenvalue weighted by atomic mass is 10.2. The van der Waals surface area contributed by atoms with Gasteiger partial charge in [0.2, 0.25) is 5.91 Å². The van der Waals surface area contributed by atoms with E-state index in [9.17, 15) is 14.9 Å². The lowest BCUT2D eigenvalue weighted by Crippen LogP contribution is -2.22. The molecule has 2 N–H and O–H groups in total. The van der Waals surface area contributed by atoms with Crippen molar-refractivity contribution in [3.8, 4) is 6.07 Å². The van der Waals surface area contributed by atoms with Crippen LogP contribution in [-0.4, -0.2) is 17.4 Å². The number of para-hydroxylation sites is 1. The monoisotopic (exact) mass is 296 g/mol. The van der Waals surface area contributed by atoms with E-state index in [-0.39, 0.29) is 18.1 Å². The number of hydrogen-bond acceptors (Lipinski definition) is 5. The van der Waals surface area contributed by atoms with Crippen LogP contribution >= 0.6 is 0 Å². The van der Waals surface area contributed by atoms with Crippen LogP contribution in [0.5, 0.6) is 0 Å². The fraction of sp³-hybridized carbons (Fsp3) is 0.0667. The maximum atomic E-state index is 11.9. The van der Waals surface area contributed by atoms with Crippen LogP contribution < -0.4 is 10.6 Å². The molecule has 7 nitrogen and oxygen atoms in total. The van der Waals surface area contributed by atoms with Gasteiger partial charge in [-0.25, -0.2) is 0 Å². The Balaban J connectivity index is 1.97. The summed E-state index contributed by atoms with van der Waals surface area (Å²) < 4.78 is 0. The van der Waals surface area contributed by atoms with Crippen LogP contribution in [0.4, 0.5) is 17.1 Å². The molecule has 0 atom stereocenters. The first kappa shape index (κ1) is 15.0. The fourth-order valence-electron chi connectivity index (χ4n) is 1.80. The number of nitriles is 1. The number of nitrogens with zero attached hydrogens (tertiary/aromatic N) is 2. The third-order valence-electron chi connectivity index (χ3n) is 2.83. The van der Waals surface area contributed by atoms with Crippen LogP contribution in [0.3, 0.4) is 0 Å². The van der Waals surface area contributed by atoms with E-state index in [2.05, 4.69) is 10.6 Å². The summed E-state index contributed by atoms with van der Waals surface area (Å²) in [6, 6.07) is 14.5. The normalized spacial score (nSPS) is 9.59. The highest BCUT2D eigenvalue weighted by molar-refractivity contribution is 5.94. The topological polar surface area (TPSA) is 108 Å². The number of anilines is 2. The minimum atomic E-state index is -0.506. The fourth-order valence-corrected chi connectivity index (χ4v) is 1.80. The number of carbonyl (C=O) groups is 1. The average Bonchev–Trinajstić information content (AvgIpc) is 2.53. The highest BCUT2D eigenvalue weighted by atomic mass is 16.6. The van der Waals surface area contributed by atoms with Crippen molar-refractivity contribution < 1.29 is 9.72 Å². The largest absolute Gasteiger partial charge is 0.376 e. The Hall–Kier alpha value is -3.40. The van der Waals surface area contributed by atoms with Crippen molar-refractivity contribution in [3.63, 3.8) is 0 Å². The van der Waals surface area contributed by atoms with E-state index in [1.54, 1.807) is 30.3 Å². The summed E-state index contributed by atoms with van der Waals surface area (Å²) in [5.41, 5.74) is 1.21. The summed E-state index contributed by atoms with van der Waals surface area (Å²) in [6.45, 7) is -0.0685. The lowest BCUT2D eigenvalue weighted by molar-refractivity contribution is -0.384. The second-order valence-electron chi connectivity index (χ2n) is 4.37. The summed E-state index contributed by atoms with van der Waals surface area (Å²) in [5.74, 6) is -0.353. The first-order chi connectivity index (χ1) is 10.6. The molecule has 2 rings (SSSR count).